The molecule has 0 aliphatic carbocycles. The van der Waals surface area contributed by atoms with E-state index in [0.717, 1.165) is 31.6 Å². The largest absolute Gasteiger partial charge is 0.462 e. The Bertz CT molecular complexity index is 572. The molecule has 2 atom stereocenters. The van der Waals surface area contributed by atoms with Crippen LogP contribution in [0.15, 0.2) is 12.1 Å². The van der Waals surface area contributed by atoms with Gasteiger partial charge in [-0.05, 0) is 38.8 Å². The van der Waals surface area contributed by atoms with Gasteiger partial charge in [0.25, 0.3) is 0 Å². The van der Waals surface area contributed by atoms with Gasteiger partial charge in [0.15, 0.2) is 0 Å². The number of nitrogens with zero attached hydrogens (tertiary/aromatic N) is 1. The number of esters is 1. The van der Waals surface area contributed by atoms with E-state index in [2.05, 4.69) is 4.90 Å². The molecule has 3 rings (SSSR count). The van der Waals surface area contributed by atoms with Crippen LogP contribution < -0.4 is 9.64 Å². The second-order valence-electron chi connectivity index (χ2n) is 5.55. The van der Waals surface area contributed by atoms with Gasteiger partial charge in [0.2, 0.25) is 6.29 Å². The van der Waals surface area contributed by atoms with Crippen LogP contribution in [0.4, 0.5) is 5.69 Å². The van der Waals surface area contributed by atoms with Crippen molar-refractivity contribution in [3.8, 4) is 5.75 Å². The maximum absolute atomic E-state index is 12.1. The third-order valence-corrected chi connectivity index (χ3v) is 4.26. The summed E-state index contributed by atoms with van der Waals surface area (Å²) in [5, 5.41) is 0.526. The molecule has 0 N–H and O–H groups in total. The summed E-state index contributed by atoms with van der Waals surface area (Å²) in [6.45, 7) is 5.91. The standard InChI is InChI=1S/C16H20ClNO4/c1-3-20-15(19)11-8-12(18-6-4-5-7-18)14(17)13(9-11)22-16-10(2)21-16/h8-10,16H,3-7H2,1-2H3. The zero-order chi connectivity index (χ0) is 15.7. The second-order valence-corrected chi connectivity index (χ2v) is 5.93. The van der Waals surface area contributed by atoms with Crippen molar-refractivity contribution in [2.75, 3.05) is 24.6 Å². The lowest BCUT2D eigenvalue weighted by Crippen LogP contribution is -2.19. The summed E-state index contributed by atoms with van der Waals surface area (Å²) in [5.41, 5.74) is 1.28. The van der Waals surface area contributed by atoms with E-state index in [-0.39, 0.29) is 18.4 Å². The molecule has 0 bridgehead atoms. The number of epoxide rings is 1. The van der Waals surface area contributed by atoms with Crippen molar-refractivity contribution in [2.45, 2.75) is 39.1 Å². The predicted molar refractivity (Wildman–Crippen MR) is 83.8 cm³/mol. The Morgan fingerprint density at radius 3 is 2.68 bits per heavy atom. The van der Waals surface area contributed by atoms with E-state index in [1.165, 1.54) is 0 Å². The van der Waals surface area contributed by atoms with E-state index in [1.807, 2.05) is 6.92 Å². The smallest absolute Gasteiger partial charge is 0.338 e. The van der Waals surface area contributed by atoms with Crippen molar-refractivity contribution in [3.05, 3.63) is 22.7 Å². The van der Waals surface area contributed by atoms with Crippen LogP contribution in [0.3, 0.4) is 0 Å². The van der Waals surface area contributed by atoms with E-state index in [0.29, 0.717) is 22.9 Å². The van der Waals surface area contributed by atoms with E-state index < -0.39 is 0 Å². The molecule has 2 aliphatic heterocycles. The van der Waals surface area contributed by atoms with Crippen molar-refractivity contribution >= 4 is 23.3 Å². The number of anilines is 1. The molecular formula is C16H20ClNO4. The van der Waals surface area contributed by atoms with Gasteiger partial charge in [-0.25, -0.2) is 4.79 Å². The molecule has 2 unspecified atom stereocenters. The molecule has 2 aliphatic rings. The third kappa shape index (κ3) is 3.15. The van der Waals surface area contributed by atoms with Crippen LogP contribution in [0, 0.1) is 0 Å². The highest BCUT2D eigenvalue weighted by Gasteiger charge is 2.37. The van der Waals surface area contributed by atoms with Gasteiger partial charge >= 0.3 is 5.97 Å². The number of rotatable bonds is 5. The number of halogens is 1. The number of ether oxygens (including phenoxy) is 3. The summed E-state index contributed by atoms with van der Waals surface area (Å²) >= 11 is 6.49. The Morgan fingerprint density at radius 1 is 1.41 bits per heavy atom. The Hall–Kier alpha value is -1.46. The first-order valence-electron chi connectivity index (χ1n) is 7.68. The molecule has 22 heavy (non-hydrogen) atoms. The first kappa shape index (κ1) is 15.4. The molecule has 2 fully saturated rings. The van der Waals surface area contributed by atoms with Gasteiger partial charge in [0.05, 0.1) is 17.9 Å². The second kappa shape index (κ2) is 6.34. The van der Waals surface area contributed by atoms with Crippen molar-refractivity contribution in [1.82, 2.24) is 0 Å². The fourth-order valence-corrected chi connectivity index (χ4v) is 2.88. The number of hydrogen-bond acceptors (Lipinski definition) is 5. The third-order valence-electron chi connectivity index (χ3n) is 3.88. The Morgan fingerprint density at radius 2 is 2.09 bits per heavy atom. The van der Waals surface area contributed by atoms with Crippen LogP contribution in [0.5, 0.6) is 5.75 Å². The lowest BCUT2D eigenvalue weighted by Gasteiger charge is -2.21. The summed E-state index contributed by atoms with van der Waals surface area (Å²) in [5.74, 6) is 0.109. The van der Waals surface area contributed by atoms with E-state index in [1.54, 1.807) is 19.1 Å². The lowest BCUT2D eigenvalue weighted by molar-refractivity contribution is 0.0525. The highest BCUT2D eigenvalue weighted by Crippen LogP contribution is 2.40. The van der Waals surface area contributed by atoms with E-state index in [9.17, 15) is 4.79 Å². The van der Waals surface area contributed by atoms with Crippen LogP contribution in [-0.2, 0) is 9.47 Å². The number of carbonyl (C=O) groups excluding carboxylic acids is 1. The minimum atomic E-state index is -0.366. The van der Waals surface area contributed by atoms with Crippen molar-refractivity contribution in [1.29, 1.82) is 0 Å². The molecule has 0 radical (unpaired) electrons. The van der Waals surface area contributed by atoms with Gasteiger partial charge < -0.3 is 19.1 Å². The van der Waals surface area contributed by atoms with Crippen LogP contribution in [0.1, 0.15) is 37.0 Å². The van der Waals surface area contributed by atoms with Gasteiger partial charge in [-0.2, -0.15) is 0 Å². The quantitative estimate of drug-likeness (QED) is 0.614. The summed E-state index contributed by atoms with van der Waals surface area (Å²) < 4.78 is 16.1. The van der Waals surface area contributed by atoms with Gasteiger partial charge in [0, 0.05) is 13.1 Å². The number of carbonyl (C=O) groups is 1. The Kier molecular flexibility index (Phi) is 4.45. The molecule has 0 spiro atoms. The summed E-state index contributed by atoms with van der Waals surface area (Å²) in [4.78, 5) is 14.2. The van der Waals surface area contributed by atoms with Crippen LogP contribution in [-0.4, -0.2) is 38.1 Å². The predicted octanol–water partition coefficient (Wildman–Crippen LogP) is 3.24. The van der Waals surface area contributed by atoms with Crippen molar-refractivity contribution in [2.24, 2.45) is 0 Å². The van der Waals surface area contributed by atoms with Crippen molar-refractivity contribution in [3.63, 3.8) is 0 Å². The first-order chi connectivity index (χ1) is 10.6. The average Bonchev–Trinajstić information content (AvgIpc) is 2.98. The molecule has 5 nitrogen and oxygen atoms in total. The topological polar surface area (TPSA) is 51.3 Å². The molecule has 1 aromatic carbocycles. The molecular weight excluding hydrogens is 306 g/mol. The SMILES string of the molecule is CCOC(=O)c1cc(OC2OC2C)c(Cl)c(N2CCCC2)c1. The fourth-order valence-electron chi connectivity index (χ4n) is 2.60. The van der Waals surface area contributed by atoms with Gasteiger partial charge in [-0.1, -0.05) is 11.6 Å². The molecule has 1 aromatic rings. The molecule has 120 valence electrons. The van der Waals surface area contributed by atoms with Crippen LogP contribution in [0.25, 0.3) is 0 Å². The summed E-state index contributed by atoms with van der Waals surface area (Å²) in [6.07, 6.45) is 2.01. The van der Waals surface area contributed by atoms with Gasteiger partial charge in [0.1, 0.15) is 16.9 Å². The zero-order valence-corrected chi connectivity index (χ0v) is 13.6. The average molecular weight is 326 g/mol. The van der Waals surface area contributed by atoms with E-state index in [4.69, 9.17) is 25.8 Å². The molecule has 0 amide bonds. The molecule has 6 heteroatoms. The highest BCUT2D eigenvalue weighted by molar-refractivity contribution is 6.35. The van der Waals surface area contributed by atoms with Crippen LogP contribution >= 0.6 is 11.6 Å². The highest BCUT2D eigenvalue weighted by atomic mass is 35.5. The normalized spacial score (nSPS) is 23.5. The number of benzene rings is 1. The minimum absolute atomic E-state index is 0.0533. The van der Waals surface area contributed by atoms with Gasteiger partial charge in [-0.3, -0.25) is 0 Å². The number of hydrogen-bond donors (Lipinski definition) is 0. The Labute approximate surface area is 135 Å². The summed E-state index contributed by atoms with van der Waals surface area (Å²) in [7, 11) is 0. The minimum Gasteiger partial charge on any atom is -0.462 e. The van der Waals surface area contributed by atoms with Gasteiger partial charge in [-0.15, -0.1) is 0 Å². The van der Waals surface area contributed by atoms with Crippen LogP contribution in [0.2, 0.25) is 5.02 Å². The lowest BCUT2D eigenvalue weighted by atomic mass is 10.1. The Balaban J connectivity index is 1.94. The fraction of sp³-hybridized carbons (Fsp3) is 0.562. The maximum Gasteiger partial charge on any atom is 0.338 e. The molecule has 2 saturated heterocycles. The molecule has 0 saturated carbocycles. The zero-order valence-electron chi connectivity index (χ0n) is 12.8. The monoisotopic (exact) mass is 325 g/mol. The first-order valence-corrected chi connectivity index (χ1v) is 8.05. The molecule has 0 aromatic heterocycles. The van der Waals surface area contributed by atoms with Crippen molar-refractivity contribution < 1.29 is 19.0 Å². The summed E-state index contributed by atoms with van der Waals surface area (Å²) in [6, 6.07) is 3.42. The maximum atomic E-state index is 12.1. The van der Waals surface area contributed by atoms with E-state index >= 15 is 0 Å². The molecule has 2 heterocycles.